The number of rotatable bonds is 2. The van der Waals surface area contributed by atoms with E-state index in [2.05, 4.69) is 18.8 Å². The van der Waals surface area contributed by atoms with Crippen LogP contribution in [0.4, 0.5) is 0 Å². The van der Waals surface area contributed by atoms with E-state index in [4.69, 9.17) is 14.6 Å². The summed E-state index contributed by atoms with van der Waals surface area (Å²) in [5.74, 6) is 1.71. The molecule has 15 heavy (non-hydrogen) atoms. The van der Waals surface area contributed by atoms with Crippen LogP contribution >= 0.6 is 0 Å². The van der Waals surface area contributed by atoms with E-state index in [-0.39, 0.29) is 12.7 Å². The van der Waals surface area contributed by atoms with Gasteiger partial charge in [0.1, 0.15) is 6.61 Å². The third-order valence-corrected chi connectivity index (χ3v) is 2.37. The molecule has 0 bridgehead atoms. The van der Waals surface area contributed by atoms with Crippen molar-refractivity contribution < 1.29 is 14.6 Å². The van der Waals surface area contributed by atoms with Crippen molar-refractivity contribution in [2.75, 3.05) is 13.2 Å². The summed E-state index contributed by atoms with van der Waals surface area (Å²) in [5.41, 5.74) is 0.986. The SMILES string of the molecule is CC(C)c1cc2c(cn1)OC(CO)CO2. The van der Waals surface area contributed by atoms with Crippen molar-refractivity contribution in [3.8, 4) is 11.5 Å². The molecule has 4 nitrogen and oxygen atoms in total. The highest BCUT2D eigenvalue weighted by Crippen LogP contribution is 2.32. The van der Waals surface area contributed by atoms with E-state index in [0.717, 1.165) is 11.4 Å². The zero-order valence-corrected chi connectivity index (χ0v) is 8.93. The summed E-state index contributed by atoms with van der Waals surface area (Å²) in [6, 6.07) is 1.90. The Morgan fingerprint density at radius 1 is 1.53 bits per heavy atom. The normalized spacial score (nSPS) is 19.3. The number of fused-ring (bicyclic) bond motifs is 1. The van der Waals surface area contributed by atoms with Gasteiger partial charge in [-0.1, -0.05) is 13.8 Å². The second-order valence-electron chi connectivity index (χ2n) is 3.94. The van der Waals surface area contributed by atoms with E-state index in [9.17, 15) is 0 Å². The topological polar surface area (TPSA) is 51.6 Å². The van der Waals surface area contributed by atoms with Gasteiger partial charge in [-0.15, -0.1) is 0 Å². The first-order chi connectivity index (χ1) is 7.20. The molecule has 1 aliphatic rings. The van der Waals surface area contributed by atoms with Gasteiger partial charge in [0.2, 0.25) is 0 Å². The molecule has 0 amide bonds. The number of pyridine rings is 1. The predicted molar refractivity (Wildman–Crippen MR) is 55.3 cm³/mol. The summed E-state index contributed by atoms with van der Waals surface area (Å²) in [6.45, 7) is 4.51. The van der Waals surface area contributed by atoms with Gasteiger partial charge >= 0.3 is 0 Å². The van der Waals surface area contributed by atoms with Gasteiger partial charge in [-0.3, -0.25) is 4.98 Å². The molecule has 1 N–H and O–H groups in total. The van der Waals surface area contributed by atoms with Crippen LogP contribution < -0.4 is 9.47 Å². The first-order valence-corrected chi connectivity index (χ1v) is 5.11. The highest BCUT2D eigenvalue weighted by molar-refractivity contribution is 5.40. The maximum absolute atomic E-state index is 8.93. The van der Waals surface area contributed by atoms with Crippen LogP contribution in [0.15, 0.2) is 12.3 Å². The molecule has 0 saturated heterocycles. The Hall–Kier alpha value is -1.29. The monoisotopic (exact) mass is 209 g/mol. The number of nitrogens with zero attached hydrogens (tertiary/aromatic N) is 1. The Labute approximate surface area is 88.9 Å². The summed E-state index contributed by atoms with van der Waals surface area (Å²) in [4.78, 5) is 4.27. The fraction of sp³-hybridized carbons (Fsp3) is 0.545. The molecule has 1 aliphatic heterocycles. The maximum atomic E-state index is 8.93. The van der Waals surface area contributed by atoms with Crippen molar-refractivity contribution >= 4 is 0 Å². The maximum Gasteiger partial charge on any atom is 0.180 e. The lowest BCUT2D eigenvalue weighted by atomic mass is 10.1. The summed E-state index contributed by atoms with van der Waals surface area (Å²) in [6.07, 6.45) is 1.39. The van der Waals surface area contributed by atoms with E-state index in [0.29, 0.717) is 18.3 Å². The molecule has 0 saturated carbocycles. The Morgan fingerprint density at radius 3 is 3.00 bits per heavy atom. The van der Waals surface area contributed by atoms with Crippen molar-refractivity contribution in [3.63, 3.8) is 0 Å². The van der Waals surface area contributed by atoms with Crippen molar-refractivity contribution in [3.05, 3.63) is 18.0 Å². The molecule has 0 fully saturated rings. The molecule has 82 valence electrons. The minimum absolute atomic E-state index is 0.0363. The zero-order chi connectivity index (χ0) is 10.8. The van der Waals surface area contributed by atoms with Gasteiger partial charge < -0.3 is 14.6 Å². The lowest BCUT2D eigenvalue weighted by Gasteiger charge is -2.25. The predicted octanol–water partition coefficient (Wildman–Crippen LogP) is 1.34. The molecule has 0 aliphatic carbocycles. The lowest BCUT2D eigenvalue weighted by molar-refractivity contribution is 0.0450. The number of aliphatic hydroxyl groups excluding tert-OH is 1. The Balaban J connectivity index is 2.24. The molecule has 2 rings (SSSR count). The largest absolute Gasteiger partial charge is 0.486 e. The quantitative estimate of drug-likeness (QED) is 0.798. The van der Waals surface area contributed by atoms with Gasteiger partial charge in [0.25, 0.3) is 0 Å². The van der Waals surface area contributed by atoms with E-state index in [1.807, 2.05) is 6.07 Å². The fourth-order valence-electron chi connectivity index (χ4n) is 1.44. The third-order valence-electron chi connectivity index (χ3n) is 2.37. The molecule has 1 aromatic heterocycles. The van der Waals surface area contributed by atoms with Crippen molar-refractivity contribution in [1.29, 1.82) is 0 Å². The first kappa shape index (κ1) is 10.2. The molecular weight excluding hydrogens is 194 g/mol. The summed E-state index contributed by atoms with van der Waals surface area (Å²) < 4.78 is 11.0. The molecule has 0 spiro atoms. The average molecular weight is 209 g/mol. The number of hydrogen-bond acceptors (Lipinski definition) is 4. The summed E-state index contributed by atoms with van der Waals surface area (Å²) in [5, 5.41) is 8.93. The molecule has 1 aromatic rings. The van der Waals surface area contributed by atoms with Gasteiger partial charge in [0.05, 0.1) is 12.8 Å². The van der Waals surface area contributed by atoms with Crippen LogP contribution in [-0.2, 0) is 0 Å². The summed E-state index contributed by atoms with van der Waals surface area (Å²) in [7, 11) is 0. The number of ether oxygens (including phenoxy) is 2. The van der Waals surface area contributed by atoms with Gasteiger partial charge in [-0.25, -0.2) is 0 Å². The number of aliphatic hydroxyl groups is 1. The highest BCUT2D eigenvalue weighted by Gasteiger charge is 2.21. The van der Waals surface area contributed by atoms with Crippen molar-refractivity contribution in [1.82, 2.24) is 4.98 Å². The van der Waals surface area contributed by atoms with Crippen molar-refractivity contribution in [2.24, 2.45) is 0 Å². The smallest absolute Gasteiger partial charge is 0.180 e. The fourth-order valence-corrected chi connectivity index (χ4v) is 1.44. The van der Waals surface area contributed by atoms with Gasteiger partial charge in [-0.05, 0) is 5.92 Å². The number of aromatic nitrogens is 1. The molecule has 4 heteroatoms. The standard InChI is InChI=1S/C11H15NO3/c1-7(2)9-3-10-11(4-12-9)15-8(5-13)6-14-10/h3-4,7-8,13H,5-6H2,1-2H3. The van der Waals surface area contributed by atoms with Gasteiger partial charge in [0, 0.05) is 11.8 Å². The molecule has 0 radical (unpaired) electrons. The second-order valence-corrected chi connectivity index (χ2v) is 3.94. The van der Waals surface area contributed by atoms with E-state index in [1.165, 1.54) is 0 Å². The Kier molecular flexibility index (Phi) is 2.77. The minimum Gasteiger partial charge on any atom is -0.486 e. The van der Waals surface area contributed by atoms with Crippen LogP contribution in [0.2, 0.25) is 0 Å². The van der Waals surface area contributed by atoms with E-state index in [1.54, 1.807) is 6.20 Å². The molecule has 1 atom stereocenters. The second kappa shape index (κ2) is 4.06. The van der Waals surface area contributed by atoms with Crippen LogP contribution in [0.25, 0.3) is 0 Å². The first-order valence-electron chi connectivity index (χ1n) is 5.11. The number of hydrogen-bond donors (Lipinski definition) is 1. The Morgan fingerprint density at radius 2 is 2.33 bits per heavy atom. The molecule has 1 unspecified atom stereocenters. The minimum atomic E-state index is -0.274. The van der Waals surface area contributed by atoms with Crippen molar-refractivity contribution in [2.45, 2.75) is 25.9 Å². The highest BCUT2D eigenvalue weighted by atomic mass is 16.6. The van der Waals surface area contributed by atoms with Crippen LogP contribution in [0.3, 0.4) is 0 Å². The molecular formula is C11H15NO3. The van der Waals surface area contributed by atoms with Crippen LogP contribution in [0, 0.1) is 0 Å². The van der Waals surface area contributed by atoms with Gasteiger partial charge in [0.15, 0.2) is 17.6 Å². The van der Waals surface area contributed by atoms with Crippen LogP contribution in [0.5, 0.6) is 11.5 Å². The molecule has 2 heterocycles. The lowest BCUT2D eigenvalue weighted by Crippen LogP contribution is -2.32. The van der Waals surface area contributed by atoms with E-state index < -0.39 is 0 Å². The average Bonchev–Trinajstić information content (AvgIpc) is 2.27. The van der Waals surface area contributed by atoms with Gasteiger partial charge in [-0.2, -0.15) is 0 Å². The van der Waals surface area contributed by atoms with Crippen LogP contribution in [0.1, 0.15) is 25.5 Å². The van der Waals surface area contributed by atoms with E-state index >= 15 is 0 Å². The zero-order valence-electron chi connectivity index (χ0n) is 8.93. The summed E-state index contributed by atoms with van der Waals surface area (Å²) >= 11 is 0. The third kappa shape index (κ3) is 2.04. The van der Waals surface area contributed by atoms with Crippen LogP contribution in [-0.4, -0.2) is 29.4 Å². The Bertz CT molecular complexity index is 352. The molecule has 0 aromatic carbocycles.